The maximum Gasteiger partial charge on any atom is 0.261 e. The molecule has 6 heteroatoms. The highest BCUT2D eigenvalue weighted by Gasteiger charge is 2.17. The molecule has 0 saturated heterocycles. The van der Waals surface area contributed by atoms with Crippen molar-refractivity contribution in [2.24, 2.45) is 0 Å². The molecule has 0 aliphatic heterocycles. The van der Waals surface area contributed by atoms with E-state index in [1.54, 1.807) is 37.4 Å². The molecule has 3 aromatic carbocycles. The molecule has 1 heterocycles. The monoisotopic (exact) mass is 430 g/mol. The van der Waals surface area contributed by atoms with E-state index in [0.717, 1.165) is 22.2 Å². The molecule has 0 bridgehead atoms. The number of aryl methyl sites for hydroxylation is 1. The molecule has 0 unspecified atom stereocenters. The number of fused-ring (bicyclic) bond motifs is 1. The molecule has 0 radical (unpaired) electrons. The molecule has 1 aromatic heterocycles. The summed E-state index contributed by atoms with van der Waals surface area (Å²) in [5.74, 6) is 0.545. The molecule has 0 fully saturated rings. The second kappa shape index (κ2) is 8.62. The first kappa shape index (κ1) is 20.6. The molecule has 0 aliphatic rings. The fourth-order valence-electron chi connectivity index (χ4n) is 3.18. The second-order valence-corrected chi connectivity index (χ2v) is 8.83. The molecule has 4 aromatic rings. The van der Waals surface area contributed by atoms with Crippen molar-refractivity contribution < 1.29 is 13.2 Å². The molecule has 31 heavy (non-hydrogen) atoms. The lowest BCUT2D eigenvalue weighted by atomic mass is 10.1. The lowest BCUT2D eigenvalue weighted by molar-refractivity contribution is 0.415. The second-order valence-electron chi connectivity index (χ2n) is 7.15. The molecule has 4 rings (SSSR count). The SMILES string of the molecule is COc1cc(NS(=O)(=O)c2ccc(C)cc2)c2nc(/C=C/c3ccccc3)ccc2c1. The first-order valence-corrected chi connectivity index (χ1v) is 11.2. The lowest BCUT2D eigenvalue weighted by Crippen LogP contribution is -2.13. The van der Waals surface area contributed by atoms with Gasteiger partial charge in [-0.2, -0.15) is 0 Å². The Morgan fingerprint density at radius 3 is 2.35 bits per heavy atom. The number of benzene rings is 3. The number of sulfonamides is 1. The van der Waals surface area contributed by atoms with Crippen LogP contribution in [0.15, 0.2) is 83.8 Å². The largest absolute Gasteiger partial charge is 0.497 e. The fourth-order valence-corrected chi connectivity index (χ4v) is 4.24. The van der Waals surface area contributed by atoms with Crippen molar-refractivity contribution in [1.82, 2.24) is 4.98 Å². The van der Waals surface area contributed by atoms with Crippen molar-refractivity contribution >= 4 is 38.8 Å². The first-order chi connectivity index (χ1) is 14.9. The van der Waals surface area contributed by atoms with Crippen molar-refractivity contribution in [2.75, 3.05) is 11.8 Å². The predicted octanol–water partition coefficient (Wildman–Crippen LogP) is 5.52. The molecule has 1 N–H and O–H groups in total. The van der Waals surface area contributed by atoms with Gasteiger partial charge in [-0.1, -0.05) is 60.2 Å². The van der Waals surface area contributed by atoms with Gasteiger partial charge in [0.1, 0.15) is 5.75 Å². The number of aromatic nitrogens is 1. The smallest absolute Gasteiger partial charge is 0.261 e. The van der Waals surface area contributed by atoms with Crippen LogP contribution in [-0.4, -0.2) is 20.5 Å². The standard InChI is InChI=1S/C25H22N2O3S/c1-18-8-14-23(15-9-18)31(28,29)27-24-17-22(30-2)16-20-11-13-21(26-25(20)24)12-10-19-6-4-3-5-7-19/h3-17,27H,1-2H3/b12-10+. The van der Waals surface area contributed by atoms with E-state index in [-0.39, 0.29) is 4.90 Å². The van der Waals surface area contributed by atoms with Crippen LogP contribution in [0.4, 0.5) is 5.69 Å². The van der Waals surface area contributed by atoms with E-state index in [1.165, 1.54) is 0 Å². The summed E-state index contributed by atoms with van der Waals surface area (Å²) in [6, 6.07) is 23.9. The fraction of sp³-hybridized carbons (Fsp3) is 0.0800. The van der Waals surface area contributed by atoms with Crippen LogP contribution in [0.1, 0.15) is 16.8 Å². The zero-order valence-electron chi connectivity index (χ0n) is 17.2. The Kier molecular flexibility index (Phi) is 5.73. The Morgan fingerprint density at radius 2 is 1.65 bits per heavy atom. The normalized spacial score (nSPS) is 11.7. The van der Waals surface area contributed by atoms with Crippen LogP contribution in [0.2, 0.25) is 0 Å². The van der Waals surface area contributed by atoms with Gasteiger partial charge in [0.2, 0.25) is 0 Å². The Balaban J connectivity index is 1.75. The summed E-state index contributed by atoms with van der Waals surface area (Å²) in [6.07, 6.45) is 3.87. The predicted molar refractivity (Wildman–Crippen MR) is 126 cm³/mol. The van der Waals surface area contributed by atoms with E-state index < -0.39 is 10.0 Å². The van der Waals surface area contributed by atoms with Crippen LogP contribution in [0, 0.1) is 6.92 Å². The molecular weight excluding hydrogens is 408 g/mol. The minimum absolute atomic E-state index is 0.189. The van der Waals surface area contributed by atoms with Crippen molar-refractivity contribution in [3.8, 4) is 5.75 Å². The van der Waals surface area contributed by atoms with Gasteiger partial charge in [-0.15, -0.1) is 0 Å². The van der Waals surface area contributed by atoms with E-state index in [9.17, 15) is 8.42 Å². The quantitative estimate of drug-likeness (QED) is 0.437. The number of nitrogens with one attached hydrogen (secondary N) is 1. The average molecular weight is 431 g/mol. The number of nitrogens with zero attached hydrogens (tertiary/aromatic N) is 1. The van der Waals surface area contributed by atoms with Gasteiger partial charge in [0.25, 0.3) is 10.0 Å². The van der Waals surface area contributed by atoms with Crippen LogP contribution in [0.5, 0.6) is 5.75 Å². The molecular formula is C25H22N2O3S. The summed E-state index contributed by atoms with van der Waals surface area (Å²) in [5.41, 5.74) is 3.68. The van der Waals surface area contributed by atoms with E-state index >= 15 is 0 Å². The molecule has 156 valence electrons. The minimum atomic E-state index is -3.78. The van der Waals surface area contributed by atoms with Crippen LogP contribution < -0.4 is 9.46 Å². The number of rotatable bonds is 6. The van der Waals surface area contributed by atoms with Crippen LogP contribution in [0.3, 0.4) is 0 Å². The Labute approximate surface area is 182 Å². The number of anilines is 1. The molecule has 0 spiro atoms. The molecule has 0 amide bonds. The van der Waals surface area contributed by atoms with Crippen molar-refractivity contribution in [1.29, 1.82) is 0 Å². The number of hydrogen-bond donors (Lipinski definition) is 1. The molecule has 0 atom stereocenters. The first-order valence-electron chi connectivity index (χ1n) is 9.76. The zero-order chi connectivity index (χ0) is 21.8. The zero-order valence-corrected chi connectivity index (χ0v) is 18.1. The van der Waals surface area contributed by atoms with Gasteiger partial charge in [-0.3, -0.25) is 4.72 Å². The van der Waals surface area contributed by atoms with Gasteiger partial charge in [-0.25, -0.2) is 13.4 Å². The van der Waals surface area contributed by atoms with E-state index in [4.69, 9.17) is 4.74 Å². The summed E-state index contributed by atoms with van der Waals surface area (Å²) >= 11 is 0. The van der Waals surface area contributed by atoms with Crippen molar-refractivity contribution in [2.45, 2.75) is 11.8 Å². The van der Waals surface area contributed by atoms with Gasteiger partial charge in [0.15, 0.2) is 0 Å². The maximum atomic E-state index is 13.0. The summed E-state index contributed by atoms with van der Waals surface area (Å²) < 4.78 is 34.0. The lowest BCUT2D eigenvalue weighted by Gasteiger charge is -2.13. The Morgan fingerprint density at radius 1 is 0.903 bits per heavy atom. The Bertz CT molecular complexity index is 1350. The number of pyridine rings is 1. The average Bonchev–Trinajstić information content (AvgIpc) is 2.78. The van der Waals surface area contributed by atoms with Gasteiger partial charge in [0, 0.05) is 11.5 Å². The van der Waals surface area contributed by atoms with E-state index in [1.807, 2.05) is 67.6 Å². The number of ether oxygens (including phenoxy) is 1. The van der Waals surface area contributed by atoms with Crippen molar-refractivity contribution in [3.63, 3.8) is 0 Å². The third kappa shape index (κ3) is 4.75. The highest BCUT2D eigenvalue weighted by atomic mass is 32.2. The maximum absolute atomic E-state index is 13.0. The van der Waals surface area contributed by atoms with Crippen LogP contribution in [0.25, 0.3) is 23.1 Å². The van der Waals surface area contributed by atoms with E-state index in [0.29, 0.717) is 17.0 Å². The number of hydrogen-bond acceptors (Lipinski definition) is 4. The van der Waals surface area contributed by atoms with Gasteiger partial charge in [0.05, 0.1) is 28.9 Å². The minimum Gasteiger partial charge on any atom is -0.497 e. The van der Waals surface area contributed by atoms with Gasteiger partial charge in [-0.05, 0) is 42.8 Å². The van der Waals surface area contributed by atoms with Crippen LogP contribution >= 0.6 is 0 Å². The highest BCUT2D eigenvalue weighted by Crippen LogP contribution is 2.30. The van der Waals surface area contributed by atoms with Crippen LogP contribution in [-0.2, 0) is 10.0 Å². The number of methoxy groups -OCH3 is 1. The summed E-state index contributed by atoms with van der Waals surface area (Å²) in [6.45, 7) is 1.91. The third-order valence-electron chi connectivity index (χ3n) is 4.84. The molecule has 5 nitrogen and oxygen atoms in total. The van der Waals surface area contributed by atoms with Crippen molar-refractivity contribution in [3.05, 3.63) is 95.7 Å². The molecule has 0 saturated carbocycles. The Hall–Kier alpha value is -3.64. The van der Waals surface area contributed by atoms with Gasteiger partial charge < -0.3 is 4.74 Å². The topological polar surface area (TPSA) is 68.3 Å². The molecule has 0 aliphatic carbocycles. The summed E-state index contributed by atoms with van der Waals surface area (Å²) in [4.78, 5) is 4.88. The third-order valence-corrected chi connectivity index (χ3v) is 6.23. The highest BCUT2D eigenvalue weighted by molar-refractivity contribution is 7.92. The van der Waals surface area contributed by atoms with E-state index in [2.05, 4.69) is 9.71 Å². The summed E-state index contributed by atoms with van der Waals surface area (Å²) in [7, 11) is -2.23. The summed E-state index contributed by atoms with van der Waals surface area (Å²) in [5, 5.41) is 0.776. The van der Waals surface area contributed by atoms with Gasteiger partial charge >= 0.3 is 0 Å².